The minimum atomic E-state index is -2.27. The highest BCUT2D eigenvalue weighted by molar-refractivity contribution is 7.74. The second-order valence-corrected chi connectivity index (χ2v) is 6.84. The lowest BCUT2D eigenvalue weighted by atomic mass is 9.78. The van der Waals surface area contributed by atoms with Crippen LogP contribution in [0.15, 0.2) is 24.3 Å². The molecule has 0 aromatic heterocycles. The largest absolute Gasteiger partial charge is 0.494 e. The monoisotopic (exact) mass is 312 g/mol. The van der Waals surface area contributed by atoms with Crippen molar-refractivity contribution in [3.05, 3.63) is 29.8 Å². The average molecular weight is 312 g/mol. The van der Waals surface area contributed by atoms with Crippen LogP contribution in [0.5, 0.6) is 0 Å². The van der Waals surface area contributed by atoms with E-state index in [0.29, 0.717) is 0 Å². The highest BCUT2D eigenvalue weighted by Crippen LogP contribution is 2.36. The molecule has 1 heterocycles. The first-order valence-corrected chi connectivity index (χ1v) is 7.89. The molecule has 1 saturated heterocycles. The van der Waals surface area contributed by atoms with E-state index >= 15 is 0 Å². The van der Waals surface area contributed by atoms with Crippen LogP contribution >= 0.6 is 0 Å². The lowest BCUT2D eigenvalue weighted by Crippen LogP contribution is -2.41. The predicted molar refractivity (Wildman–Crippen MR) is 82.4 cm³/mol. The maximum atomic E-state index is 10.7. The zero-order chi connectivity index (χ0) is 15.8. The van der Waals surface area contributed by atoms with Crippen molar-refractivity contribution >= 4 is 23.9 Å². The molecule has 21 heavy (non-hydrogen) atoms. The maximum Gasteiger partial charge on any atom is 0.494 e. The first-order chi connectivity index (χ1) is 9.62. The van der Waals surface area contributed by atoms with Crippen molar-refractivity contribution in [3.63, 3.8) is 0 Å². The van der Waals surface area contributed by atoms with Gasteiger partial charge < -0.3 is 9.31 Å². The van der Waals surface area contributed by atoms with Gasteiger partial charge in [-0.2, -0.15) is 4.21 Å². The van der Waals surface area contributed by atoms with Gasteiger partial charge in [-0.05, 0) is 45.6 Å². The molecule has 7 heteroatoms. The van der Waals surface area contributed by atoms with E-state index in [1.54, 1.807) is 6.92 Å². The molecular weight excluding hydrogens is 291 g/mol. The van der Waals surface area contributed by atoms with Gasteiger partial charge in [0.05, 0.1) is 17.3 Å². The fraction of sp³-hybridized carbons (Fsp3) is 0.571. The van der Waals surface area contributed by atoms with E-state index in [1.807, 2.05) is 52.0 Å². The smallest absolute Gasteiger partial charge is 0.399 e. The molecule has 5 nitrogen and oxygen atoms in total. The molecule has 0 spiro atoms. The van der Waals surface area contributed by atoms with E-state index in [1.165, 1.54) is 0 Å². The lowest BCUT2D eigenvalue weighted by molar-refractivity contribution is 0.00578. The Labute approximate surface area is 128 Å². The summed E-state index contributed by atoms with van der Waals surface area (Å²) in [5.74, 6) is 0. The van der Waals surface area contributed by atoms with Crippen molar-refractivity contribution in [2.45, 2.75) is 51.9 Å². The van der Waals surface area contributed by atoms with Crippen LogP contribution in [0.1, 0.15) is 46.3 Å². The highest BCUT2D eigenvalue weighted by atomic mass is 32.2. The molecule has 1 N–H and O–H groups in total. The molecule has 116 valence electrons. The van der Waals surface area contributed by atoms with Crippen LogP contribution in [0.3, 0.4) is 0 Å². The molecule has 0 amide bonds. The van der Waals surface area contributed by atoms with Gasteiger partial charge in [-0.1, -0.05) is 24.3 Å². The topological polar surface area (TPSA) is 65.0 Å². The van der Waals surface area contributed by atoms with Gasteiger partial charge >= 0.3 is 18.5 Å². The van der Waals surface area contributed by atoms with E-state index in [4.69, 9.17) is 18.0 Å². The Kier molecular flexibility index (Phi) is 4.61. The van der Waals surface area contributed by atoms with E-state index < -0.39 is 24.6 Å². The molecule has 1 aromatic rings. The van der Waals surface area contributed by atoms with Gasteiger partial charge in [0.15, 0.2) is 0 Å². The summed E-state index contributed by atoms with van der Waals surface area (Å²) in [6.45, 7) is 9.75. The van der Waals surface area contributed by atoms with Crippen LogP contribution in [0.2, 0.25) is 0 Å². The third kappa shape index (κ3) is 3.55. The predicted octanol–water partition coefficient (Wildman–Crippen LogP) is 2.20. The Morgan fingerprint density at radius 3 is 2.05 bits per heavy atom. The maximum absolute atomic E-state index is 10.7. The fourth-order valence-electron chi connectivity index (χ4n) is 2.08. The summed E-state index contributed by atoms with van der Waals surface area (Å²) in [6.07, 6.45) is -0.455. The number of benzene rings is 1. The molecule has 0 aliphatic carbocycles. The Balaban J connectivity index is 2.12. The fourth-order valence-corrected chi connectivity index (χ4v) is 2.44. The summed E-state index contributed by atoms with van der Waals surface area (Å²) in [5, 5.41) is 0. The van der Waals surface area contributed by atoms with Gasteiger partial charge in [-0.3, -0.25) is 8.74 Å². The van der Waals surface area contributed by atoms with Crippen LogP contribution in [-0.2, 0) is 24.9 Å². The molecule has 1 aliphatic rings. The van der Waals surface area contributed by atoms with E-state index in [-0.39, 0.29) is 11.2 Å². The van der Waals surface area contributed by atoms with Crippen molar-refractivity contribution in [2.24, 2.45) is 0 Å². The van der Waals surface area contributed by atoms with Crippen LogP contribution in [-0.4, -0.2) is 27.1 Å². The van der Waals surface area contributed by atoms with Crippen LogP contribution < -0.4 is 5.46 Å². The molecule has 0 saturated carbocycles. The Hall–Kier alpha value is -0.725. The number of rotatable bonds is 4. The van der Waals surface area contributed by atoms with Gasteiger partial charge in [-0.25, -0.2) is 0 Å². The van der Waals surface area contributed by atoms with Gasteiger partial charge in [0, 0.05) is 0 Å². The van der Waals surface area contributed by atoms with E-state index in [2.05, 4.69) is 0 Å². The minimum absolute atomic E-state index is 0.374. The van der Waals surface area contributed by atoms with E-state index in [9.17, 15) is 4.21 Å². The molecule has 2 atom stereocenters. The number of hydrogen-bond donors (Lipinski definition) is 1. The molecular formula is C14H21BO5S. The lowest BCUT2D eigenvalue weighted by Gasteiger charge is -2.32. The third-order valence-electron chi connectivity index (χ3n) is 4.16. The Bertz CT molecular complexity index is 513. The molecule has 0 radical (unpaired) electrons. The van der Waals surface area contributed by atoms with Crippen molar-refractivity contribution in [3.8, 4) is 0 Å². The summed E-state index contributed by atoms with van der Waals surface area (Å²) >= 11 is -2.27. The summed E-state index contributed by atoms with van der Waals surface area (Å²) in [7, 11) is -0.410. The normalized spacial score (nSPS) is 23.0. The second kappa shape index (κ2) is 5.81. The van der Waals surface area contributed by atoms with Gasteiger partial charge in [0.25, 0.3) is 0 Å². The van der Waals surface area contributed by atoms with E-state index in [0.717, 1.165) is 11.0 Å². The summed E-state index contributed by atoms with van der Waals surface area (Å²) in [6, 6.07) is 7.46. The van der Waals surface area contributed by atoms with Gasteiger partial charge in [0.1, 0.15) is 0 Å². The third-order valence-corrected chi connectivity index (χ3v) is 4.61. The standard InChI is InChI=1S/C14H21BO5S/c1-10(18-21(16)17)11-6-8-12(9-7-11)15-19-13(2,3)14(4,5)20-15/h6-10H,1-5H3,(H,16,17). The van der Waals surface area contributed by atoms with Crippen molar-refractivity contribution in [2.75, 3.05) is 0 Å². The highest BCUT2D eigenvalue weighted by Gasteiger charge is 2.51. The zero-order valence-electron chi connectivity index (χ0n) is 13.0. The first kappa shape index (κ1) is 16.6. The van der Waals surface area contributed by atoms with Crippen molar-refractivity contribution < 1.29 is 22.3 Å². The SMILES string of the molecule is CC(OS(=O)O)c1ccc(B2OC(C)(C)C(C)(C)O2)cc1. The Morgan fingerprint density at radius 1 is 1.14 bits per heavy atom. The zero-order valence-corrected chi connectivity index (χ0v) is 13.8. The van der Waals surface area contributed by atoms with Gasteiger partial charge in [-0.15, -0.1) is 0 Å². The average Bonchev–Trinajstić information content (AvgIpc) is 2.58. The van der Waals surface area contributed by atoms with Crippen LogP contribution in [0.25, 0.3) is 0 Å². The quantitative estimate of drug-likeness (QED) is 0.682. The van der Waals surface area contributed by atoms with Crippen LogP contribution in [0.4, 0.5) is 0 Å². The number of hydrogen-bond acceptors (Lipinski definition) is 4. The molecule has 1 aromatic carbocycles. The Morgan fingerprint density at radius 2 is 1.62 bits per heavy atom. The first-order valence-electron chi connectivity index (χ1n) is 6.86. The van der Waals surface area contributed by atoms with Gasteiger partial charge in [0.2, 0.25) is 0 Å². The molecule has 2 unspecified atom stereocenters. The summed E-state index contributed by atoms with van der Waals surface area (Å²) in [4.78, 5) is 0. The molecule has 0 bridgehead atoms. The molecule has 1 aliphatic heterocycles. The molecule has 2 rings (SSSR count). The summed E-state index contributed by atoms with van der Waals surface area (Å²) < 4.78 is 36.2. The minimum Gasteiger partial charge on any atom is -0.399 e. The van der Waals surface area contributed by atoms with Crippen molar-refractivity contribution in [1.29, 1.82) is 0 Å². The van der Waals surface area contributed by atoms with Crippen LogP contribution in [0, 0.1) is 0 Å². The second-order valence-electron chi connectivity index (χ2n) is 6.21. The molecule has 1 fully saturated rings. The van der Waals surface area contributed by atoms with Crippen molar-refractivity contribution in [1.82, 2.24) is 0 Å². The summed E-state index contributed by atoms with van der Waals surface area (Å²) in [5.41, 5.74) is 0.980.